The standard InChI is InChI=1S/C21H28N4O5S/c1-12(2)18(20(27)30-4)24-19(26)17-7-6-10-25(17)21-22-13(3)15-9-8-14(31(5,28)29)11-16(15)23-21/h8-9,11-12,17-18H,6-7,10H2,1-5H3,(H,24,26)/t17?,18-/m0/s1. The molecule has 0 aliphatic carbocycles. The highest BCUT2D eigenvalue weighted by molar-refractivity contribution is 7.90. The lowest BCUT2D eigenvalue weighted by atomic mass is 10.0. The lowest BCUT2D eigenvalue weighted by molar-refractivity contribution is -0.146. The van der Waals surface area contributed by atoms with Crippen LogP contribution in [0.4, 0.5) is 5.95 Å². The monoisotopic (exact) mass is 448 g/mol. The summed E-state index contributed by atoms with van der Waals surface area (Å²) in [5.41, 5.74) is 1.20. The maximum absolute atomic E-state index is 13.0. The van der Waals surface area contributed by atoms with Crippen molar-refractivity contribution in [3.05, 3.63) is 23.9 Å². The number of esters is 1. The van der Waals surface area contributed by atoms with Gasteiger partial charge in [-0.1, -0.05) is 13.8 Å². The summed E-state index contributed by atoms with van der Waals surface area (Å²) in [5, 5.41) is 3.55. The predicted molar refractivity (Wildman–Crippen MR) is 117 cm³/mol. The molecule has 1 aromatic carbocycles. The number of rotatable bonds is 6. The van der Waals surface area contributed by atoms with E-state index in [2.05, 4.69) is 15.3 Å². The van der Waals surface area contributed by atoms with Crippen LogP contribution in [-0.4, -0.2) is 62.3 Å². The van der Waals surface area contributed by atoms with E-state index in [-0.39, 0.29) is 16.7 Å². The van der Waals surface area contributed by atoms with Gasteiger partial charge in [0.1, 0.15) is 12.1 Å². The Balaban J connectivity index is 1.93. The van der Waals surface area contributed by atoms with E-state index in [9.17, 15) is 18.0 Å². The van der Waals surface area contributed by atoms with Gasteiger partial charge in [-0.25, -0.2) is 23.2 Å². The summed E-state index contributed by atoms with van der Waals surface area (Å²) in [5.74, 6) is -0.529. The zero-order valence-corrected chi connectivity index (χ0v) is 19.2. The van der Waals surface area contributed by atoms with Crippen molar-refractivity contribution in [3.8, 4) is 0 Å². The average Bonchev–Trinajstić information content (AvgIpc) is 3.20. The van der Waals surface area contributed by atoms with Crippen LogP contribution in [-0.2, 0) is 24.2 Å². The van der Waals surface area contributed by atoms with Crippen LogP contribution in [0.25, 0.3) is 10.9 Å². The van der Waals surface area contributed by atoms with Gasteiger partial charge >= 0.3 is 5.97 Å². The number of benzene rings is 1. The smallest absolute Gasteiger partial charge is 0.328 e. The Hall–Kier alpha value is -2.75. The third-order valence-electron chi connectivity index (χ3n) is 5.51. The molecule has 0 bridgehead atoms. The van der Waals surface area contributed by atoms with Crippen LogP contribution in [0, 0.1) is 12.8 Å². The molecule has 168 valence electrons. The van der Waals surface area contributed by atoms with Gasteiger partial charge in [0.2, 0.25) is 11.9 Å². The van der Waals surface area contributed by atoms with Gasteiger partial charge in [-0.05, 0) is 43.9 Å². The number of fused-ring (bicyclic) bond motifs is 1. The molecule has 1 saturated heterocycles. The van der Waals surface area contributed by atoms with Crippen LogP contribution in [0.5, 0.6) is 0 Å². The molecule has 0 saturated carbocycles. The molecule has 3 rings (SSSR count). The van der Waals surface area contributed by atoms with Gasteiger partial charge in [0.25, 0.3) is 0 Å². The summed E-state index contributed by atoms with van der Waals surface area (Å²) < 4.78 is 28.7. The first kappa shape index (κ1) is 22.9. The Morgan fingerprint density at radius 1 is 1.26 bits per heavy atom. The molecule has 1 aliphatic rings. The van der Waals surface area contributed by atoms with Gasteiger partial charge in [0.15, 0.2) is 9.84 Å². The second-order valence-corrected chi connectivity index (χ2v) is 10.2. The minimum Gasteiger partial charge on any atom is -0.467 e. The fourth-order valence-corrected chi connectivity index (χ4v) is 4.41. The lowest BCUT2D eigenvalue weighted by Gasteiger charge is -2.27. The Kier molecular flexibility index (Phi) is 6.49. The van der Waals surface area contributed by atoms with Crippen LogP contribution in [0.1, 0.15) is 32.4 Å². The molecule has 0 spiro atoms. The van der Waals surface area contributed by atoms with Crippen LogP contribution >= 0.6 is 0 Å². The highest BCUT2D eigenvalue weighted by atomic mass is 32.2. The van der Waals surface area contributed by atoms with E-state index in [0.29, 0.717) is 30.1 Å². The summed E-state index contributed by atoms with van der Waals surface area (Å²) >= 11 is 0. The molecule has 10 heteroatoms. The molecule has 9 nitrogen and oxygen atoms in total. The number of ether oxygens (including phenoxy) is 1. The van der Waals surface area contributed by atoms with Crippen molar-refractivity contribution >= 4 is 38.6 Å². The minimum atomic E-state index is -3.38. The van der Waals surface area contributed by atoms with Gasteiger partial charge in [-0.15, -0.1) is 0 Å². The van der Waals surface area contributed by atoms with Crippen molar-refractivity contribution in [1.82, 2.24) is 15.3 Å². The van der Waals surface area contributed by atoms with E-state index in [4.69, 9.17) is 4.74 Å². The van der Waals surface area contributed by atoms with Gasteiger partial charge in [-0.3, -0.25) is 4.79 Å². The van der Waals surface area contributed by atoms with E-state index in [1.165, 1.54) is 13.2 Å². The number of anilines is 1. The Bertz CT molecular complexity index is 1120. The first-order valence-corrected chi connectivity index (χ1v) is 12.1. The molecular formula is C21H28N4O5S. The molecule has 31 heavy (non-hydrogen) atoms. The summed E-state index contributed by atoms with van der Waals surface area (Å²) in [4.78, 5) is 36.2. The third-order valence-corrected chi connectivity index (χ3v) is 6.62. The molecule has 2 aromatic rings. The van der Waals surface area contributed by atoms with Gasteiger partial charge in [0, 0.05) is 18.2 Å². The van der Waals surface area contributed by atoms with Crippen molar-refractivity contribution in [2.45, 2.75) is 50.6 Å². The molecule has 2 heterocycles. The van der Waals surface area contributed by atoms with Crippen LogP contribution in [0.2, 0.25) is 0 Å². The number of nitrogens with zero attached hydrogens (tertiary/aromatic N) is 3. The zero-order valence-electron chi connectivity index (χ0n) is 18.4. The summed E-state index contributed by atoms with van der Waals surface area (Å²) in [7, 11) is -2.08. The Morgan fingerprint density at radius 2 is 1.97 bits per heavy atom. The number of aryl methyl sites for hydroxylation is 1. The number of amides is 1. The normalized spacial score (nSPS) is 17.7. The summed E-state index contributed by atoms with van der Waals surface area (Å²) in [6, 6.07) is 3.50. The van der Waals surface area contributed by atoms with Crippen molar-refractivity contribution in [2.24, 2.45) is 5.92 Å². The van der Waals surface area contributed by atoms with E-state index >= 15 is 0 Å². The number of aromatic nitrogens is 2. The maximum atomic E-state index is 13.0. The predicted octanol–water partition coefficient (Wildman–Crippen LogP) is 1.62. The van der Waals surface area contributed by atoms with Crippen LogP contribution < -0.4 is 10.2 Å². The van der Waals surface area contributed by atoms with Crippen molar-refractivity contribution in [2.75, 3.05) is 24.8 Å². The van der Waals surface area contributed by atoms with E-state index < -0.39 is 27.9 Å². The summed E-state index contributed by atoms with van der Waals surface area (Å²) in [6.45, 7) is 6.08. The first-order valence-electron chi connectivity index (χ1n) is 10.2. The fourth-order valence-electron chi connectivity index (χ4n) is 3.76. The number of carbonyl (C=O) groups is 2. The molecule has 1 amide bonds. The first-order chi connectivity index (χ1) is 14.5. The van der Waals surface area contributed by atoms with Gasteiger partial charge in [0.05, 0.1) is 23.2 Å². The third kappa shape index (κ3) is 4.79. The van der Waals surface area contributed by atoms with Gasteiger partial charge < -0.3 is 15.0 Å². The zero-order chi connectivity index (χ0) is 22.9. The maximum Gasteiger partial charge on any atom is 0.328 e. The van der Waals surface area contributed by atoms with Crippen molar-refractivity contribution < 1.29 is 22.7 Å². The second-order valence-electron chi connectivity index (χ2n) is 8.16. The van der Waals surface area contributed by atoms with E-state index in [1.807, 2.05) is 25.7 Å². The molecule has 1 aromatic heterocycles. The Labute approximate surface area is 182 Å². The number of sulfone groups is 1. The largest absolute Gasteiger partial charge is 0.467 e. The number of hydrogen-bond donors (Lipinski definition) is 1. The van der Waals surface area contributed by atoms with Gasteiger partial charge in [-0.2, -0.15) is 0 Å². The molecule has 2 atom stereocenters. The van der Waals surface area contributed by atoms with Crippen molar-refractivity contribution in [3.63, 3.8) is 0 Å². The number of hydrogen-bond acceptors (Lipinski definition) is 8. The lowest BCUT2D eigenvalue weighted by Crippen LogP contribution is -2.52. The number of nitrogens with one attached hydrogen (secondary N) is 1. The van der Waals surface area contributed by atoms with Crippen LogP contribution in [0.15, 0.2) is 23.1 Å². The average molecular weight is 449 g/mol. The van der Waals surface area contributed by atoms with Crippen molar-refractivity contribution in [1.29, 1.82) is 0 Å². The minimum absolute atomic E-state index is 0.125. The molecule has 1 unspecified atom stereocenters. The Morgan fingerprint density at radius 3 is 2.58 bits per heavy atom. The van der Waals surface area contributed by atoms with E-state index in [1.54, 1.807) is 12.1 Å². The number of carbonyl (C=O) groups excluding carboxylic acids is 2. The summed E-state index contributed by atoms with van der Waals surface area (Å²) in [6.07, 6.45) is 2.52. The highest BCUT2D eigenvalue weighted by Gasteiger charge is 2.36. The molecular weight excluding hydrogens is 420 g/mol. The molecule has 1 N–H and O–H groups in total. The molecule has 1 fully saturated rings. The SMILES string of the molecule is COC(=O)[C@@H](NC(=O)C1CCCN1c1nc(C)c2ccc(S(C)(=O)=O)cc2n1)C(C)C. The quantitative estimate of drug-likeness (QED) is 0.663. The highest BCUT2D eigenvalue weighted by Crippen LogP contribution is 2.27. The topological polar surface area (TPSA) is 119 Å². The molecule has 0 radical (unpaired) electrons. The second kappa shape index (κ2) is 8.78. The van der Waals surface area contributed by atoms with Crippen LogP contribution in [0.3, 0.4) is 0 Å². The fraction of sp³-hybridized carbons (Fsp3) is 0.524. The number of methoxy groups -OCH3 is 1. The van der Waals surface area contributed by atoms with E-state index in [0.717, 1.165) is 18.1 Å². The molecule has 1 aliphatic heterocycles.